The molecule has 2 heterocycles. The van der Waals surface area contributed by atoms with Crippen molar-refractivity contribution in [2.45, 2.75) is 262 Å². The Morgan fingerprint density at radius 2 is 0.973 bits per heavy atom. The van der Waals surface area contributed by atoms with Gasteiger partial charge in [-0.1, -0.05) is 122 Å². The number of hydrogen-bond donors (Lipinski definition) is 19. The number of carbonyl (C=O) groups excluding carboxylic acids is 13. The standard InChI is InChI=1S/C77H119N15O20/c1-9-45(6)64(73(106)91-66(47(8)95)75(108)86-54(37-44(4)5)69(102)88-57(77(111)112)39-49-41-81-51-27-20-19-26-50(49)51)89-67(100)52(31-32-60(78)96)83-72(105)59-28-23-35-92(59)63(99)30-18-11-13-22-34-80-33-21-12-10-17-29-62(98)82-58(42-93)71(104)90-65(46(7)94)74(107)85-53(36-43(2)3)68(101)84-55(40-61(79)97)70(103)87-56(76(109)110)38-48-24-15-14-16-25-48/h14-16,19-20,24-27,41,43-47,52-59,64-66,80-81,93-95H,9-13,17-18,21-23,28-40,42H2,1-8H3,(H2,78,96)(H2,79,97)(H,82,98)(H,83,105)(H,84,101)(H,85,107)(H,86,108)(H,87,103)(H,88,102)(H,89,100)(H,90,104)(H,91,106)(H,109,110)(H,111,112)/t45-,46+,47+,52-,53-,54-,55-,56-,57-,58-,59-,64+,65-,66-/m0/s1. The highest BCUT2D eigenvalue weighted by molar-refractivity contribution is 6.00. The number of likely N-dealkylation sites (tertiary alicyclic amines) is 1. The minimum absolute atomic E-state index is 0.00102. The van der Waals surface area contributed by atoms with E-state index in [0.717, 1.165) is 43.0 Å². The van der Waals surface area contributed by atoms with Gasteiger partial charge in [-0.25, -0.2) is 9.59 Å². The number of aliphatic carboxylic acids is 2. The summed E-state index contributed by atoms with van der Waals surface area (Å²) in [4.78, 5) is 204. The fraction of sp³-hybridized carbons (Fsp3) is 0.623. The summed E-state index contributed by atoms with van der Waals surface area (Å²) in [6.07, 6.45) is 3.78. The maximum atomic E-state index is 14.2. The monoisotopic (exact) mass is 1570 g/mol. The van der Waals surface area contributed by atoms with Gasteiger partial charge in [0.1, 0.15) is 66.5 Å². The Balaban J connectivity index is 1.19. The largest absolute Gasteiger partial charge is 0.480 e. The number of fused-ring (bicyclic) bond motifs is 1. The molecular formula is C77H119N15O20. The van der Waals surface area contributed by atoms with E-state index in [1.807, 2.05) is 18.2 Å². The van der Waals surface area contributed by atoms with E-state index in [-0.39, 0.29) is 69.1 Å². The molecule has 1 aliphatic heterocycles. The van der Waals surface area contributed by atoms with Crippen LogP contribution in [0.1, 0.15) is 182 Å². The molecule has 13 amide bonds. The smallest absolute Gasteiger partial charge is 0.326 e. The van der Waals surface area contributed by atoms with Crippen molar-refractivity contribution >= 4 is 99.6 Å². The van der Waals surface area contributed by atoms with Crippen LogP contribution in [-0.2, 0) is 84.8 Å². The van der Waals surface area contributed by atoms with E-state index < -0.39 is 180 Å². The minimum atomic E-state index is -1.72. The van der Waals surface area contributed by atoms with Gasteiger partial charge in [-0.15, -0.1) is 0 Å². The Kier molecular flexibility index (Phi) is 40.9. The molecule has 14 atom stereocenters. The topological polar surface area (TPSA) is 561 Å². The van der Waals surface area contributed by atoms with E-state index in [1.54, 1.807) is 84.1 Å². The molecule has 622 valence electrons. The molecule has 0 saturated carbocycles. The number of nitrogens with zero attached hydrogens (tertiary/aromatic N) is 1. The molecule has 0 spiro atoms. The number of carbonyl (C=O) groups is 15. The molecule has 1 saturated heterocycles. The molecule has 35 nitrogen and oxygen atoms in total. The summed E-state index contributed by atoms with van der Waals surface area (Å²) in [6, 6.07) is -0.258. The zero-order valence-electron chi connectivity index (χ0n) is 65.4. The fourth-order valence-electron chi connectivity index (χ4n) is 12.8. The van der Waals surface area contributed by atoms with Crippen LogP contribution in [0.15, 0.2) is 60.8 Å². The minimum Gasteiger partial charge on any atom is -0.480 e. The van der Waals surface area contributed by atoms with Crippen LogP contribution in [0.3, 0.4) is 0 Å². The predicted molar refractivity (Wildman–Crippen MR) is 412 cm³/mol. The first-order chi connectivity index (χ1) is 53.0. The maximum absolute atomic E-state index is 14.2. The summed E-state index contributed by atoms with van der Waals surface area (Å²) >= 11 is 0. The van der Waals surface area contributed by atoms with Crippen LogP contribution in [-0.4, -0.2) is 229 Å². The molecule has 0 aliphatic carbocycles. The van der Waals surface area contributed by atoms with Gasteiger partial charge in [0.15, 0.2) is 0 Å². The summed E-state index contributed by atoms with van der Waals surface area (Å²) in [5, 5.41) is 80.6. The SMILES string of the molecule is CC[C@H](C)[C@@H](NC(=O)[C@H](CCC(N)=O)NC(=O)[C@@H]1CCCN1C(=O)CCCCCCNCCCCCCC(=O)N[C@@H](CO)C(=O)N[C@H](C(=O)N[C@@H](CC(C)C)C(=O)N[C@@H](CC(N)=O)C(=O)N[C@@H](Cc1ccccc1)C(=O)O)[C@@H](C)O)C(=O)N[C@H](C(=O)N[C@@H](CC(C)C)C(=O)N[C@@H](Cc1c[nH]c2ccccc12)C(=O)O)[C@@H](C)O. The zero-order valence-corrected chi connectivity index (χ0v) is 65.4. The first-order valence-corrected chi connectivity index (χ1v) is 38.7. The van der Waals surface area contributed by atoms with Crippen LogP contribution in [0.25, 0.3) is 10.9 Å². The number of H-pyrrole nitrogens is 1. The van der Waals surface area contributed by atoms with E-state index >= 15 is 0 Å². The van der Waals surface area contributed by atoms with Crippen molar-refractivity contribution in [2.24, 2.45) is 29.2 Å². The van der Waals surface area contributed by atoms with Gasteiger partial charge >= 0.3 is 11.9 Å². The second-order valence-electron chi connectivity index (χ2n) is 29.7. The highest BCUT2D eigenvalue weighted by Gasteiger charge is 2.40. The normalized spacial score (nSPS) is 16.2. The van der Waals surface area contributed by atoms with Crippen molar-refractivity contribution in [2.75, 3.05) is 26.2 Å². The molecule has 21 N–H and O–H groups in total. The van der Waals surface area contributed by atoms with E-state index in [1.165, 1.54) is 18.7 Å². The second-order valence-corrected chi connectivity index (χ2v) is 29.7. The number of carboxylic acids is 2. The van der Waals surface area contributed by atoms with Gasteiger partial charge in [-0.3, -0.25) is 62.3 Å². The van der Waals surface area contributed by atoms with E-state index in [2.05, 4.69) is 63.5 Å². The third kappa shape index (κ3) is 32.7. The molecule has 0 bridgehead atoms. The lowest BCUT2D eigenvalue weighted by Crippen LogP contribution is -2.62. The molecule has 4 rings (SSSR count). The number of rotatable bonds is 53. The Labute approximate surface area is 652 Å². The molecule has 3 aromatic rings. The molecule has 0 radical (unpaired) electrons. The fourth-order valence-corrected chi connectivity index (χ4v) is 12.8. The predicted octanol–water partition coefficient (Wildman–Crippen LogP) is -0.515. The van der Waals surface area contributed by atoms with E-state index in [0.29, 0.717) is 69.3 Å². The molecule has 1 aromatic heterocycles. The van der Waals surface area contributed by atoms with Gasteiger partial charge in [0.25, 0.3) is 0 Å². The Morgan fingerprint density at radius 3 is 1.50 bits per heavy atom. The first-order valence-electron chi connectivity index (χ1n) is 38.7. The summed E-state index contributed by atoms with van der Waals surface area (Å²) in [7, 11) is 0. The van der Waals surface area contributed by atoms with Gasteiger partial charge in [-0.05, 0) is 120 Å². The summed E-state index contributed by atoms with van der Waals surface area (Å²) in [5.41, 5.74) is 12.9. The van der Waals surface area contributed by atoms with Crippen LogP contribution in [0.2, 0.25) is 0 Å². The third-order valence-electron chi connectivity index (χ3n) is 19.3. The Morgan fingerprint density at radius 1 is 0.500 bits per heavy atom. The number of hydrogen-bond acceptors (Lipinski definition) is 19. The number of nitrogens with two attached hydrogens (primary N) is 2. The van der Waals surface area contributed by atoms with Crippen molar-refractivity contribution in [3.05, 3.63) is 71.9 Å². The number of unbranched alkanes of at least 4 members (excludes halogenated alkanes) is 6. The molecule has 35 heteroatoms. The van der Waals surface area contributed by atoms with Crippen molar-refractivity contribution in [3.8, 4) is 0 Å². The third-order valence-corrected chi connectivity index (χ3v) is 19.3. The van der Waals surface area contributed by atoms with Crippen molar-refractivity contribution in [3.63, 3.8) is 0 Å². The number of nitrogens with one attached hydrogen (secondary N) is 12. The lowest BCUT2D eigenvalue weighted by atomic mass is 9.96. The van der Waals surface area contributed by atoms with Crippen molar-refractivity contribution in [1.82, 2.24) is 68.4 Å². The molecular weight excluding hydrogens is 1450 g/mol. The average Bonchev–Trinajstić information content (AvgIpc) is 1.68. The lowest BCUT2D eigenvalue weighted by molar-refractivity contribution is -0.143. The highest BCUT2D eigenvalue weighted by Crippen LogP contribution is 2.23. The Hall–Kier alpha value is -10.1. The quantitative estimate of drug-likeness (QED) is 0.0316. The van der Waals surface area contributed by atoms with Gasteiger partial charge in [0.2, 0.25) is 76.8 Å². The van der Waals surface area contributed by atoms with Gasteiger partial charge in [0, 0.05) is 55.7 Å². The number of amides is 13. The number of aliphatic hydroxyl groups excluding tert-OH is 3. The molecule has 1 fully saturated rings. The molecule has 2 aromatic carbocycles. The van der Waals surface area contributed by atoms with Gasteiger partial charge < -0.3 is 105 Å². The van der Waals surface area contributed by atoms with Crippen molar-refractivity contribution in [1.29, 1.82) is 0 Å². The summed E-state index contributed by atoms with van der Waals surface area (Å²) in [6.45, 7) is 13.6. The average molecular weight is 1570 g/mol. The van der Waals surface area contributed by atoms with Crippen LogP contribution in [0.5, 0.6) is 0 Å². The summed E-state index contributed by atoms with van der Waals surface area (Å²) < 4.78 is 0. The van der Waals surface area contributed by atoms with Crippen molar-refractivity contribution < 1.29 is 97.5 Å². The number of para-hydroxylation sites is 1. The number of primary amides is 2. The molecule has 0 unspecified atom stereocenters. The highest BCUT2D eigenvalue weighted by atomic mass is 16.4. The van der Waals surface area contributed by atoms with Crippen LogP contribution in [0.4, 0.5) is 0 Å². The molecule has 112 heavy (non-hydrogen) atoms. The van der Waals surface area contributed by atoms with Crippen LogP contribution in [0, 0.1) is 17.8 Å². The van der Waals surface area contributed by atoms with Crippen LogP contribution < -0.4 is 70.0 Å². The first kappa shape index (κ1) is 94.2. The zero-order chi connectivity index (χ0) is 83.3. The Bertz CT molecular complexity index is 3630. The number of aliphatic hydroxyl groups is 3. The lowest BCUT2D eigenvalue weighted by Gasteiger charge is -2.30. The van der Waals surface area contributed by atoms with Crippen LogP contribution >= 0.6 is 0 Å². The number of carboxylic acid groups (broad SMARTS) is 2. The van der Waals surface area contributed by atoms with Gasteiger partial charge in [-0.2, -0.15) is 0 Å². The maximum Gasteiger partial charge on any atom is 0.326 e. The second kappa shape index (κ2) is 48.6. The molecule has 1 aliphatic rings. The number of benzene rings is 2. The number of aromatic nitrogens is 1. The van der Waals surface area contributed by atoms with E-state index in [4.69, 9.17) is 11.5 Å². The van der Waals surface area contributed by atoms with Gasteiger partial charge in [0.05, 0.1) is 25.2 Å². The number of aromatic amines is 1. The summed E-state index contributed by atoms with van der Waals surface area (Å²) in [5.74, 6) is -14.7. The van der Waals surface area contributed by atoms with E-state index in [9.17, 15) is 97.5 Å².